The second-order valence-electron chi connectivity index (χ2n) is 13.7. The molecule has 5 amide bonds. The van der Waals surface area contributed by atoms with E-state index in [1.165, 1.54) is 25.4 Å². The van der Waals surface area contributed by atoms with Crippen molar-refractivity contribution in [2.75, 3.05) is 12.4 Å². The van der Waals surface area contributed by atoms with E-state index in [9.17, 15) is 28.8 Å². The van der Waals surface area contributed by atoms with Gasteiger partial charge in [0.15, 0.2) is 0 Å². The Morgan fingerprint density at radius 2 is 1.03 bits per heavy atom. The van der Waals surface area contributed by atoms with E-state index in [0.29, 0.717) is 5.69 Å². The minimum Gasteiger partial charge on any atom is -0.467 e. The number of hydrogen-bond donors (Lipinski definition) is 5. The molecular weight excluding hydrogens is 755 g/mol. The number of esters is 1. The quantitative estimate of drug-likeness (QED) is 0.0733. The summed E-state index contributed by atoms with van der Waals surface area (Å²) in [6.07, 6.45) is -0.0176. The predicted molar refractivity (Wildman–Crippen MR) is 223 cm³/mol. The fourth-order valence-electron chi connectivity index (χ4n) is 6.14. The lowest BCUT2D eigenvalue weighted by molar-refractivity contribution is -0.144. The summed E-state index contributed by atoms with van der Waals surface area (Å²) in [4.78, 5) is 80.9. The molecular formula is C45H47N5O7S. The van der Waals surface area contributed by atoms with Crippen molar-refractivity contribution in [1.82, 2.24) is 21.3 Å². The lowest BCUT2D eigenvalue weighted by Crippen LogP contribution is -2.58. The number of hydrogen-bond acceptors (Lipinski definition) is 8. The second-order valence-corrected chi connectivity index (χ2v) is 14.7. The van der Waals surface area contributed by atoms with Crippen LogP contribution in [0.1, 0.15) is 35.8 Å². The summed E-state index contributed by atoms with van der Waals surface area (Å²) in [6.45, 7) is 1.48. The largest absolute Gasteiger partial charge is 0.467 e. The Morgan fingerprint density at radius 1 is 0.534 bits per heavy atom. The van der Waals surface area contributed by atoms with Gasteiger partial charge in [-0.25, -0.2) is 4.79 Å². The lowest BCUT2D eigenvalue weighted by Gasteiger charge is -2.26. The summed E-state index contributed by atoms with van der Waals surface area (Å²) in [5.41, 5.74) is 4.05. The average Bonchev–Trinajstić information content (AvgIpc) is 3.76. The van der Waals surface area contributed by atoms with Crippen LogP contribution in [0, 0.1) is 0 Å². The molecule has 0 radical (unpaired) electrons. The Labute approximate surface area is 341 Å². The Balaban J connectivity index is 1.37. The molecule has 58 heavy (non-hydrogen) atoms. The summed E-state index contributed by atoms with van der Waals surface area (Å²) in [5.74, 6) is -3.42. The van der Waals surface area contributed by atoms with Gasteiger partial charge in [-0.15, -0.1) is 11.3 Å². The fourth-order valence-corrected chi connectivity index (χ4v) is 6.89. The van der Waals surface area contributed by atoms with E-state index in [-0.39, 0.29) is 38.0 Å². The number of nitrogens with one attached hydrogen (secondary N) is 5. The van der Waals surface area contributed by atoms with Gasteiger partial charge in [0.05, 0.1) is 7.11 Å². The van der Waals surface area contributed by atoms with Gasteiger partial charge in [0, 0.05) is 42.7 Å². The van der Waals surface area contributed by atoms with Crippen molar-refractivity contribution >= 4 is 52.5 Å². The monoisotopic (exact) mass is 801 g/mol. The van der Waals surface area contributed by atoms with Crippen LogP contribution < -0.4 is 26.6 Å². The smallest absolute Gasteiger partial charge is 0.328 e. The summed E-state index contributed by atoms with van der Waals surface area (Å²) in [6, 6.07) is 34.6. The van der Waals surface area contributed by atoms with Gasteiger partial charge in [-0.1, -0.05) is 109 Å². The maximum atomic E-state index is 14.3. The SMILES string of the molecule is COC(=O)[C@H](C)NC(=O)[C@@H](Cc1ccccc1)NC(=O)[C@H](Cc1ccc(-c2ccccc2)cc1)NC(=O)[C@@H](Cc1cccs1)NC(=O)CCC(=O)Nc1ccccc1. The Bertz CT molecular complexity index is 2120. The number of para-hydroxylation sites is 1. The molecule has 0 aliphatic heterocycles. The van der Waals surface area contributed by atoms with Crippen LogP contribution in [0.15, 0.2) is 133 Å². The maximum absolute atomic E-state index is 14.3. The maximum Gasteiger partial charge on any atom is 0.328 e. The number of carbonyl (C=O) groups is 6. The van der Waals surface area contributed by atoms with Crippen molar-refractivity contribution in [1.29, 1.82) is 0 Å². The minimum absolute atomic E-state index is 0.0458. The first kappa shape index (κ1) is 42.5. The number of carbonyl (C=O) groups excluding carboxylic acids is 6. The normalized spacial score (nSPS) is 12.8. The molecule has 0 spiro atoms. The van der Waals surface area contributed by atoms with Crippen LogP contribution in [-0.4, -0.2) is 66.8 Å². The first-order chi connectivity index (χ1) is 28.1. The van der Waals surface area contributed by atoms with E-state index in [1.807, 2.05) is 109 Å². The van der Waals surface area contributed by atoms with Crippen LogP contribution in [0.4, 0.5) is 5.69 Å². The highest BCUT2D eigenvalue weighted by molar-refractivity contribution is 7.09. The third-order valence-corrected chi connectivity index (χ3v) is 10.1. The van der Waals surface area contributed by atoms with E-state index in [0.717, 1.165) is 27.1 Å². The highest BCUT2D eigenvalue weighted by Gasteiger charge is 2.31. The molecule has 0 aliphatic rings. The van der Waals surface area contributed by atoms with Crippen molar-refractivity contribution in [3.8, 4) is 11.1 Å². The van der Waals surface area contributed by atoms with Gasteiger partial charge in [0.1, 0.15) is 24.2 Å². The molecule has 5 aromatic rings. The van der Waals surface area contributed by atoms with Crippen LogP contribution in [0.3, 0.4) is 0 Å². The molecule has 12 nitrogen and oxygen atoms in total. The zero-order valence-corrected chi connectivity index (χ0v) is 33.1. The number of rotatable bonds is 19. The van der Waals surface area contributed by atoms with Gasteiger partial charge in [0.2, 0.25) is 29.5 Å². The summed E-state index contributed by atoms with van der Waals surface area (Å²) < 4.78 is 4.78. The first-order valence-electron chi connectivity index (χ1n) is 18.9. The molecule has 0 saturated carbocycles. The molecule has 0 unspecified atom stereocenters. The summed E-state index contributed by atoms with van der Waals surface area (Å²) in [7, 11) is 1.21. The zero-order valence-electron chi connectivity index (χ0n) is 32.3. The van der Waals surface area contributed by atoms with Gasteiger partial charge < -0.3 is 31.3 Å². The molecule has 300 valence electrons. The highest BCUT2D eigenvalue weighted by Crippen LogP contribution is 2.20. The van der Waals surface area contributed by atoms with Crippen LogP contribution in [0.2, 0.25) is 0 Å². The van der Waals surface area contributed by atoms with E-state index >= 15 is 0 Å². The predicted octanol–water partition coefficient (Wildman–Crippen LogP) is 4.99. The second kappa shape index (κ2) is 21.6. The van der Waals surface area contributed by atoms with Crippen molar-refractivity contribution in [2.45, 2.75) is 63.2 Å². The molecule has 4 aromatic carbocycles. The van der Waals surface area contributed by atoms with Crippen LogP contribution >= 0.6 is 11.3 Å². The van der Waals surface area contributed by atoms with Gasteiger partial charge in [-0.05, 0) is 52.8 Å². The molecule has 13 heteroatoms. The zero-order chi connectivity index (χ0) is 41.3. The van der Waals surface area contributed by atoms with Crippen LogP contribution in [0.25, 0.3) is 11.1 Å². The Kier molecular flexibility index (Phi) is 15.9. The van der Waals surface area contributed by atoms with Gasteiger partial charge in [-0.2, -0.15) is 0 Å². The third kappa shape index (κ3) is 13.3. The molecule has 1 heterocycles. The van der Waals surface area contributed by atoms with Crippen molar-refractivity contribution in [3.05, 3.63) is 149 Å². The minimum atomic E-state index is -1.20. The molecule has 0 fully saturated rings. The molecule has 0 saturated heterocycles. The van der Waals surface area contributed by atoms with Gasteiger partial charge in [-0.3, -0.25) is 24.0 Å². The van der Waals surface area contributed by atoms with Crippen LogP contribution in [0.5, 0.6) is 0 Å². The molecule has 4 atom stereocenters. The number of ether oxygens (including phenoxy) is 1. The molecule has 5 rings (SSSR count). The average molecular weight is 802 g/mol. The van der Waals surface area contributed by atoms with Crippen molar-refractivity contribution < 1.29 is 33.5 Å². The standard InChI is InChI=1S/C45H47N5O7S/c1-30(45(56)57-2)46-42(53)37(27-31-13-6-3-7-14-31)49-43(54)38(28-32-20-22-34(23-21-32)33-15-8-4-9-16-33)50-44(55)39(29-36-19-12-26-58-36)48-41(52)25-24-40(51)47-35-17-10-5-11-18-35/h3-23,26,30,37-39H,24-25,27-29H2,1-2H3,(H,46,53)(H,47,51)(H,48,52)(H,49,54)(H,50,55)/t30-,37+,38-,39+/m0/s1. The number of benzene rings is 4. The first-order valence-corrected chi connectivity index (χ1v) is 19.8. The Hall–Kier alpha value is -6.60. The summed E-state index contributed by atoms with van der Waals surface area (Å²) >= 11 is 1.41. The Morgan fingerprint density at radius 3 is 1.60 bits per heavy atom. The van der Waals surface area contributed by atoms with E-state index in [4.69, 9.17) is 4.74 Å². The number of anilines is 1. The van der Waals surface area contributed by atoms with Crippen molar-refractivity contribution in [2.24, 2.45) is 0 Å². The van der Waals surface area contributed by atoms with E-state index < -0.39 is 53.8 Å². The fraction of sp³-hybridized carbons (Fsp3) is 0.244. The molecule has 0 aliphatic carbocycles. The summed E-state index contributed by atoms with van der Waals surface area (Å²) in [5, 5.41) is 15.7. The van der Waals surface area contributed by atoms with Gasteiger partial charge >= 0.3 is 5.97 Å². The van der Waals surface area contributed by atoms with E-state index in [2.05, 4.69) is 26.6 Å². The molecule has 1 aromatic heterocycles. The number of amides is 5. The number of methoxy groups -OCH3 is 1. The lowest BCUT2D eigenvalue weighted by atomic mass is 9.99. The topological polar surface area (TPSA) is 172 Å². The third-order valence-electron chi connectivity index (χ3n) is 9.24. The molecule has 0 bridgehead atoms. The number of thiophene rings is 1. The highest BCUT2D eigenvalue weighted by atomic mass is 32.1. The molecule has 5 N–H and O–H groups in total. The van der Waals surface area contributed by atoms with Crippen LogP contribution in [-0.2, 0) is 52.8 Å². The van der Waals surface area contributed by atoms with E-state index in [1.54, 1.807) is 24.3 Å². The van der Waals surface area contributed by atoms with Gasteiger partial charge in [0.25, 0.3) is 0 Å². The van der Waals surface area contributed by atoms with Crippen molar-refractivity contribution in [3.63, 3.8) is 0 Å².